The van der Waals surface area contributed by atoms with E-state index in [9.17, 15) is 9.18 Å². The predicted octanol–water partition coefficient (Wildman–Crippen LogP) is 3.04. The van der Waals surface area contributed by atoms with Gasteiger partial charge in [0.15, 0.2) is 0 Å². The molecule has 0 heterocycles. The Morgan fingerprint density at radius 2 is 1.95 bits per heavy atom. The fourth-order valence-corrected chi connectivity index (χ4v) is 2.40. The van der Waals surface area contributed by atoms with Crippen LogP contribution in [0.1, 0.15) is 11.1 Å². The first kappa shape index (κ1) is 16.5. The van der Waals surface area contributed by atoms with Crippen LogP contribution in [0.25, 0.3) is 0 Å². The number of aliphatic hydroxyl groups is 1. The lowest BCUT2D eigenvalue weighted by Crippen LogP contribution is -2.34. The van der Waals surface area contributed by atoms with E-state index in [0.29, 0.717) is 17.1 Å². The van der Waals surface area contributed by atoms with Crippen LogP contribution in [0.5, 0.6) is 0 Å². The third-order valence-corrected chi connectivity index (χ3v) is 3.52. The van der Waals surface area contributed by atoms with Gasteiger partial charge in [0.2, 0.25) is 5.91 Å². The normalized spacial score (nSPS) is 10.5. The molecule has 116 valence electrons. The molecule has 0 saturated carbocycles. The summed E-state index contributed by atoms with van der Waals surface area (Å²) in [6.45, 7) is 0.373. The topological polar surface area (TPSA) is 40.5 Å². The minimum Gasteiger partial charge on any atom is -0.395 e. The highest BCUT2D eigenvalue weighted by atomic mass is 35.5. The SMILES string of the molecule is O=C(Cc1ccccc1F)N(CCO)Cc1cccc(Cl)c1. The molecule has 0 aromatic heterocycles. The molecule has 0 saturated heterocycles. The molecule has 0 unspecified atom stereocenters. The van der Waals surface area contributed by atoms with E-state index in [1.54, 1.807) is 36.4 Å². The summed E-state index contributed by atoms with van der Waals surface area (Å²) in [5, 5.41) is 9.73. The summed E-state index contributed by atoms with van der Waals surface area (Å²) in [4.78, 5) is 13.9. The van der Waals surface area contributed by atoms with Crippen molar-refractivity contribution in [2.75, 3.05) is 13.2 Å². The largest absolute Gasteiger partial charge is 0.395 e. The Morgan fingerprint density at radius 1 is 1.18 bits per heavy atom. The Kier molecular flexibility index (Phi) is 5.92. The van der Waals surface area contributed by atoms with Crippen molar-refractivity contribution in [2.24, 2.45) is 0 Å². The maximum atomic E-state index is 13.6. The average molecular weight is 322 g/mol. The van der Waals surface area contributed by atoms with Crippen LogP contribution in [0.2, 0.25) is 5.02 Å². The van der Waals surface area contributed by atoms with Crippen molar-refractivity contribution >= 4 is 17.5 Å². The highest BCUT2D eigenvalue weighted by molar-refractivity contribution is 6.30. The van der Waals surface area contributed by atoms with Crippen molar-refractivity contribution in [2.45, 2.75) is 13.0 Å². The van der Waals surface area contributed by atoms with Crippen LogP contribution in [-0.2, 0) is 17.8 Å². The van der Waals surface area contributed by atoms with Crippen molar-refractivity contribution in [1.29, 1.82) is 0 Å². The molecule has 0 aliphatic heterocycles. The van der Waals surface area contributed by atoms with Crippen LogP contribution in [0.4, 0.5) is 4.39 Å². The van der Waals surface area contributed by atoms with Gasteiger partial charge in [0, 0.05) is 18.1 Å². The maximum Gasteiger partial charge on any atom is 0.227 e. The number of amides is 1. The molecule has 5 heteroatoms. The molecule has 0 fully saturated rings. The van der Waals surface area contributed by atoms with E-state index < -0.39 is 5.82 Å². The van der Waals surface area contributed by atoms with E-state index in [2.05, 4.69) is 0 Å². The van der Waals surface area contributed by atoms with Crippen LogP contribution in [0.3, 0.4) is 0 Å². The molecule has 3 nitrogen and oxygen atoms in total. The van der Waals surface area contributed by atoms with Crippen molar-refractivity contribution in [3.8, 4) is 0 Å². The molecule has 1 N–H and O–H groups in total. The van der Waals surface area contributed by atoms with Gasteiger partial charge in [-0.15, -0.1) is 0 Å². The molecule has 0 bridgehead atoms. The second-order valence-electron chi connectivity index (χ2n) is 4.94. The Morgan fingerprint density at radius 3 is 2.64 bits per heavy atom. The summed E-state index contributed by atoms with van der Waals surface area (Å²) in [5.74, 6) is -0.637. The van der Waals surface area contributed by atoms with E-state index in [0.717, 1.165) is 5.56 Å². The van der Waals surface area contributed by atoms with Gasteiger partial charge in [0.25, 0.3) is 0 Å². The van der Waals surface area contributed by atoms with Gasteiger partial charge in [-0.05, 0) is 29.3 Å². The number of aliphatic hydroxyl groups excluding tert-OH is 1. The van der Waals surface area contributed by atoms with Crippen LogP contribution in [-0.4, -0.2) is 29.1 Å². The van der Waals surface area contributed by atoms with Crippen molar-refractivity contribution in [3.05, 3.63) is 70.5 Å². The first-order valence-electron chi connectivity index (χ1n) is 6.96. The Bertz CT molecular complexity index is 648. The number of rotatable bonds is 6. The van der Waals surface area contributed by atoms with Crippen LogP contribution < -0.4 is 0 Å². The lowest BCUT2D eigenvalue weighted by atomic mass is 10.1. The van der Waals surface area contributed by atoms with Gasteiger partial charge in [0.05, 0.1) is 13.0 Å². The molecule has 22 heavy (non-hydrogen) atoms. The summed E-state index contributed by atoms with van der Waals surface area (Å²) in [5.41, 5.74) is 1.21. The maximum absolute atomic E-state index is 13.6. The first-order chi connectivity index (χ1) is 10.6. The quantitative estimate of drug-likeness (QED) is 0.888. The summed E-state index contributed by atoms with van der Waals surface area (Å²) >= 11 is 5.93. The number of carbonyl (C=O) groups excluding carboxylic acids is 1. The number of hydrogen-bond donors (Lipinski definition) is 1. The molecule has 2 rings (SSSR count). The van der Waals surface area contributed by atoms with Crippen LogP contribution in [0, 0.1) is 5.82 Å². The molecule has 2 aromatic carbocycles. The van der Waals surface area contributed by atoms with E-state index >= 15 is 0 Å². The van der Waals surface area contributed by atoms with Gasteiger partial charge in [-0.3, -0.25) is 4.79 Å². The predicted molar refractivity (Wildman–Crippen MR) is 84.1 cm³/mol. The summed E-state index contributed by atoms with van der Waals surface area (Å²) in [6, 6.07) is 13.4. The van der Waals surface area contributed by atoms with Gasteiger partial charge in [0.1, 0.15) is 5.82 Å². The summed E-state index contributed by atoms with van der Waals surface area (Å²) in [7, 11) is 0. The van der Waals surface area contributed by atoms with E-state index in [4.69, 9.17) is 16.7 Å². The van der Waals surface area contributed by atoms with Gasteiger partial charge >= 0.3 is 0 Å². The molecule has 0 aliphatic carbocycles. The van der Waals surface area contributed by atoms with Crippen molar-refractivity contribution < 1.29 is 14.3 Å². The fourth-order valence-electron chi connectivity index (χ4n) is 2.18. The molecule has 2 aromatic rings. The number of benzene rings is 2. The zero-order valence-electron chi connectivity index (χ0n) is 12.0. The minimum absolute atomic E-state index is 0.0345. The van der Waals surface area contributed by atoms with Gasteiger partial charge in [-0.1, -0.05) is 41.9 Å². The summed E-state index contributed by atoms with van der Waals surface area (Å²) in [6.07, 6.45) is -0.0345. The van der Waals surface area contributed by atoms with E-state index in [-0.39, 0.29) is 25.5 Å². The van der Waals surface area contributed by atoms with E-state index in [1.165, 1.54) is 11.0 Å². The molecular weight excluding hydrogens is 305 g/mol. The number of nitrogens with zero attached hydrogens (tertiary/aromatic N) is 1. The lowest BCUT2D eigenvalue weighted by molar-refractivity contribution is -0.131. The van der Waals surface area contributed by atoms with Gasteiger partial charge < -0.3 is 10.0 Å². The number of carbonyl (C=O) groups is 1. The fraction of sp³-hybridized carbons (Fsp3) is 0.235. The molecule has 0 radical (unpaired) electrons. The Labute approximate surface area is 133 Å². The first-order valence-corrected chi connectivity index (χ1v) is 7.34. The molecule has 0 atom stereocenters. The molecule has 0 aliphatic rings. The van der Waals surface area contributed by atoms with E-state index in [1.807, 2.05) is 6.07 Å². The average Bonchev–Trinajstić information content (AvgIpc) is 2.49. The highest BCUT2D eigenvalue weighted by Gasteiger charge is 2.16. The van der Waals surface area contributed by atoms with Crippen LogP contribution in [0.15, 0.2) is 48.5 Å². The third kappa shape index (κ3) is 4.55. The smallest absolute Gasteiger partial charge is 0.227 e. The Hall–Kier alpha value is -1.91. The van der Waals surface area contributed by atoms with Gasteiger partial charge in [-0.25, -0.2) is 4.39 Å². The van der Waals surface area contributed by atoms with Crippen molar-refractivity contribution in [3.63, 3.8) is 0 Å². The lowest BCUT2D eigenvalue weighted by Gasteiger charge is -2.22. The molecule has 0 spiro atoms. The van der Waals surface area contributed by atoms with Crippen molar-refractivity contribution in [1.82, 2.24) is 4.90 Å². The summed E-state index contributed by atoms with van der Waals surface area (Å²) < 4.78 is 13.6. The zero-order chi connectivity index (χ0) is 15.9. The van der Waals surface area contributed by atoms with Gasteiger partial charge in [-0.2, -0.15) is 0 Å². The molecule has 1 amide bonds. The third-order valence-electron chi connectivity index (χ3n) is 3.28. The van der Waals surface area contributed by atoms with Crippen LogP contribution >= 0.6 is 11.6 Å². The standard InChI is InChI=1S/C17H17ClFNO2/c18-15-6-3-4-13(10-15)12-20(8-9-21)17(22)11-14-5-1-2-7-16(14)19/h1-7,10,21H,8-9,11-12H2. The Balaban J connectivity index is 2.10. The zero-order valence-corrected chi connectivity index (χ0v) is 12.8. The number of halogens is 2. The second-order valence-corrected chi connectivity index (χ2v) is 5.37. The second kappa shape index (κ2) is 7.92. The highest BCUT2D eigenvalue weighted by Crippen LogP contribution is 2.14. The monoisotopic (exact) mass is 321 g/mol. The molecular formula is C17H17ClFNO2. The minimum atomic E-state index is -0.400. The number of hydrogen-bond acceptors (Lipinski definition) is 2.